The quantitative estimate of drug-likeness (QED) is 0.834. The standard InChI is InChI=1S/C16H25N3O2.ClH/c1-10-14(12(3)20)11(2)18-15(10)16(21)19-7-5-6-13(9-19)8-17-4;/h13,17-18H,5-9H2,1-4H3;1H. The van der Waals surface area contributed by atoms with E-state index in [1.807, 2.05) is 25.8 Å². The Morgan fingerprint density at radius 3 is 2.59 bits per heavy atom. The Balaban J connectivity index is 0.00000242. The lowest BCUT2D eigenvalue weighted by Crippen LogP contribution is -2.42. The summed E-state index contributed by atoms with van der Waals surface area (Å²) in [5, 5.41) is 3.19. The summed E-state index contributed by atoms with van der Waals surface area (Å²) >= 11 is 0. The highest BCUT2D eigenvalue weighted by molar-refractivity contribution is 6.02. The summed E-state index contributed by atoms with van der Waals surface area (Å²) in [7, 11) is 1.94. The number of hydrogen-bond donors (Lipinski definition) is 2. The van der Waals surface area contributed by atoms with Crippen LogP contribution >= 0.6 is 12.4 Å². The Labute approximate surface area is 138 Å². The van der Waals surface area contributed by atoms with Crippen molar-refractivity contribution in [3.05, 3.63) is 22.5 Å². The Hall–Kier alpha value is -1.33. The molecular formula is C16H26ClN3O2. The maximum Gasteiger partial charge on any atom is 0.270 e. The van der Waals surface area contributed by atoms with Crippen molar-refractivity contribution < 1.29 is 9.59 Å². The molecule has 1 aliphatic rings. The molecule has 0 aliphatic carbocycles. The van der Waals surface area contributed by atoms with Gasteiger partial charge in [0, 0.05) is 24.3 Å². The largest absolute Gasteiger partial charge is 0.354 e. The number of aryl methyl sites for hydroxylation is 1. The zero-order valence-electron chi connectivity index (χ0n) is 13.8. The summed E-state index contributed by atoms with van der Waals surface area (Å²) in [5.74, 6) is 0.534. The fraction of sp³-hybridized carbons (Fsp3) is 0.625. The molecule has 0 saturated carbocycles. The van der Waals surface area contributed by atoms with Crippen molar-refractivity contribution in [2.45, 2.75) is 33.6 Å². The molecule has 0 bridgehead atoms. The SMILES string of the molecule is CNCC1CCCN(C(=O)c2[nH]c(C)c(C(C)=O)c2C)C1.Cl. The van der Waals surface area contributed by atoms with E-state index in [1.165, 1.54) is 0 Å². The minimum atomic E-state index is 0. The van der Waals surface area contributed by atoms with Crippen LogP contribution in [0.2, 0.25) is 0 Å². The lowest BCUT2D eigenvalue weighted by molar-refractivity contribution is 0.0668. The summed E-state index contributed by atoms with van der Waals surface area (Å²) < 4.78 is 0. The van der Waals surface area contributed by atoms with Crippen molar-refractivity contribution in [3.8, 4) is 0 Å². The zero-order chi connectivity index (χ0) is 15.6. The van der Waals surface area contributed by atoms with Gasteiger partial charge < -0.3 is 15.2 Å². The number of piperidine rings is 1. The molecule has 2 heterocycles. The van der Waals surface area contributed by atoms with Crippen LogP contribution in [-0.2, 0) is 0 Å². The minimum absolute atomic E-state index is 0. The van der Waals surface area contributed by atoms with Crippen LogP contribution in [0.4, 0.5) is 0 Å². The van der Waals surface area contributed by atoms with Gasteiger partial charge in [-0.25, -0.2) is 0 Å². The van der Waals surface area contributed by atoms with Crippen molar-refractivity contribution in [2.75, 3.05) is 26.7 Å². The number of ketones is 1. The van der Waals surface area contributed by atoms with Crippen LogP contribution in [0.5, 0.6) is 0 Å². The molecule has 5 nitrogen and oxygen atoms in total. The molecular weight excluding hydrogens is 302 g/mol. The van der Waals surface area contributed by atoms with Crippen LogP contribution in [0, 0.1) is 19.8 Å². The molecule has 6 heteroatoms. The number of H-pyrrole nitrogens is 1. The van der Waals surface area contributed by atoms with Gasteiger partial charge in [0.1, 0.15) is 5.69 Å². The van der Waals surface area contributed by atoms with E-state index in [9.17, 15) is 9.59 Å². The van der Waals surface area contributed by atoms with E-state index in [0.717, 1.165) is 43.7 Å². The second-order valence-corrected chi connectivity index (χ2v) is 6.00. The molecule has 1 saturated heterocycles. The van der Waals surface area contributed by atoms with Gasteiger partial charge in [0.15, 0.2) is 5.78 Å². The number of Topliss-reactive ketones (excluding diaryl/α,β-unsaturated/α-hetero) is 1. The molecule has 0 aromatic carbocycles. The van der Waals surface area contributed by atoms with Crippen LogP contribution in [0.15, 0.2) is 0 Å². The summed E-state index contributed by atoms with van der Waals surface area (Å²) in [6, 6.07) is 0. The molecule has 22 heavy (non-hydrogen) atoms. The zero-order valence-corrected chi connectivity index (χ0v) is 14.6. The van der Waals surface area contributed by atoms with E-state index < -0.39 is 0 Å². The van der Waals surface area contributed by atoms with Gasteiger partial charge in [0.05, 0.1) is 0 Å². The Morgan fingerprint density at radius 2 is 2.05 bits per heavy atom. The molecule has 1 aromatic rings. The molecule has 2 N–H and O–H groups in total. The van der Waals surface area contributed by atoms with E-state index in [1.54, 1.807) is 6.92 Å². The van der Waals surface area contributed by atoms with Gasteiger partial charge in [-0.1, -0.05) is 0 Å². The highest BCUT2D eigenvalue weighted by atomic mass is 35.5. The third kappa shape index (κ3) is 3.70. The Morgan fingerprint density at radius 1 is 1.36 bits per heavy atom. The number of hydrogen-bond acceptors (Lipinski definition) is 3. The first-order valence-corrected chi connectivity index (χ1v) is 7.59. The third-order valence-electron chi connectivity index (χ3n) is 4.30. The summed E-state index contributed by atoms with van der Waals surface area (Å²) in [5.41, 5.74) is 2.79. The van der Waals surface area contributed by atoms with Crippen molar-refractivity contribution in [1.29, 1.82) is 0 Å². The molecule has 0 radical (unpaired) electrons. The van der Waals surface area contributed by atoms with E-state index in [-0.39, 0.29) is 24.1 Å². The van der Waals surface area contributed by atoms with Crippen LogP contribution in [0.25, 0.3) is 0 Å². The lowest BCUT2D eigenvalue weighted by atomic mass is 9.97. The fourth-order valence-electron chi connectivity index (χ4n) is 3.35. The molecule has 124 valence electrons. The van der Waals surface area contributed by atoms with Crippen molar-refractivity contribution in [2.24, 2.45) is 5.92 Å². The number of carbonyl (C=O) groups is 2. The van der Waals surface area contributed by atoms with Crippen LogP contribution in [0.3, 0.4) is 0 Å². The maximum absolute atomic E-state index is 12.7. The molecule has 1 atom stereocenters. The monoisotopic (exact) mass is 327 g/mol. The highest BCUT2D eigenvalue weighted by Gasteiger charge is 2.27. The van der Waals surface area contributed by atoms with Gasteiger partial charge in [0.25, 0.3) is 5.91 Å². The van der Waals surface area contributed by atoms with E-state index in [0.29, 0.717) is 17.2 Å². The van der Waals surface area contributed by atoms with Crippen LogP contribution in [0.1, 0.15) is 51.9 Å². The molecule has 1 aliphatic heterocycles. The molecule has 1 amide bonds. The number of likely N-dealkylation sites (tertiary alicyclic amines) is 1. The number of amides is 1. The predicted molar refractivity (Wildman–Crippen MR) is 90.1 cm³/mol. The van der Waals surface area contributed by atoms with Crippen molar-refractivity contribution >= 4 is 24.1 Å². The summed E-state index contributed by atoms with van der Waals surface area (Å²) in [6.07, 6.45) is 2.20. The van der Waals surface area contributed by atoms with Gasteiger partial charge in [-0.05, 0) is 58.7 Å². The van der Waals surface area contributed by atoms with Gasteiger partial charge >= 0.3 is 0 Å². The first-order valence-electron chi connectivity index (χ1n) is 7.59. The van der Waals surface area contributed by atoms with E-state index in [4.69, 9.17) is 0 Å². The maximum atomic E-state index is 12.7. The molecule has 1 aromatic heterocycles. The molecule has 0 spiro atoms. The van der Waals surface area contributed by atoms with Gasteiger partial charge in [-0.2, -0.15) is 0 Å². The van der Waals surface area contributed by atoms with Crippen LogP contribution < -0.4 is 5.32 Å². The summed E-state index contributed by atoms with van der Waals surface area (Å²) in [4.78, 5) is 29.4. The van der Waals surface area contributed by atoms with E-state index >= 15 is 0 Å². The first kappa shape index (κ1) is 18.7. The van der Waals surface area contributed by atoms with E-state index in [2.05, 4.69) is 10.3 Å². The Bertz CT molecular complexity index is 552. The molecule has 1 fully saturated rings. The van der Waals surface area contributed by atoms with Crippen molar-refractivity contribution in [1.82, 2.24) is 15.2 Å². The number of carbonyl (C=O) groups excluding carboxylic acids is 2. The number of nitrogens with one attached hydrogen (secondary N) is 2. The molecule has 1 unspecified atom stereocenters. The van der Waals surface area contributed by atoms with Gasteiger partial charge in [-0.15, -0.1) is 12.4 Å². The average Bonchev–Trinajstić information content (AvgIpc) is 2.74. The fourth-order valence-corrected chi connectivity index (χ4v) is 3.35. The second-order valence-electron chi connectivity index (χ2n) is 6.00. The topological polar surface area (TPSA) is 65.2 Å². The lowest BCUT2D eigenvalue weighted by Gasteiger charge is -2.32. The summed E-state index contributed by atoms with van der Waals surface area (Å²) in [6.45, 7) is 7.76. The smallest absolute Gasteiger partial charge is 0.270 e. The minimum Gasteiger partial charge on any atom is -0.354 e. The number of nitrogens with zero attached hydrogens (tertiary/aromatic N) is 1. The van der Waals surface area contributed by atoms with Gasteiger partial charge in [0.2, 0.25) is 0 Å². The number of halogens is 1. The molecule has 2 rings (SSSR count). The first-order chi connectivity index (χ1) is 9.95. The average molecular weight is 328 g/mol. The van der Waals surface area contributed by atoms with Crippen LogP contribution in [-0.4, -0.2) is 48.3 Å². The van der Waals surface area contributed by atoms with Gasteiger partial charge in [-0.3, -0.25) is 9.59 Å². The third-order valence-corrected chi connectivity index (χ3v) is 4.30. The number of rotatable bonds is 4. The number of aromatic nitrogens is 1. The highest BCUT2D eigenvalue weighted by Crippen LogP contribution is 2.23. The van der Waals surface area contributed by atoms with Crippen molar-refractivity contribution in [3.63, 3.8) is 0 Å². The number of aromatic amines is 1. The Kier molecular flexibility index (Phi) is 6.63. The second kappa shape index (κ2) is 7.79. The predicted octanol–water partition coefficient (Wildman–Crippen LogP) is 2.33. The normalized spacial score (nSPS) is 18.0.